The Kier molecular flexibility index (Phi) is 3.57. The summed E-state index contributed by atoms with van der Waals surface area (Å²) < 4.78 is 5.26. The van der Waals surface area contributed by atoms with Gasteiger partial charge < -0.3 is 4.74 Å². The predicted octanol–water partition coefficient (Wildman–Crippen LogP) is 2.52. The molecule has 1 heterocycles. The van der Waals surface area contributed by atoms with Crippen molar-refractivity contribution >= 4 is 5.97 Å². The molecule has 70 valence electrons. The van der Waals surface area contributed by atoms with E-state index in [1.807, 2.05) is 6.92 Å². The van der Waals surface area contributed by atoms with E-state index >= 15 is 0 Å². The molecule has 0 aliphatic carbocycles. The van der Waals surface area contributed by atoms with Gasteiger partial charge in [0.2, 0.25) is 0 Å². The SMILES string of the molecule is CCCCC1CCC(C)C(=O)O1. The number of rotatable bonds is 3. The van der Waals surface area contributed by atoms with Crippen LogP contribution in [0.25, 0.3) is 0 Å². The van der Waals surface area contributed by atoms with Crippen LogP contribution >= 0.6 is 0 Å². The van der Waals surface area contributed by atoms with E-state index in [0.29, 0.717) is 0 Å². The summed E-state index contributed by atoms with van der Waals surface area (Å²) in [5, 5.41) is 0. The van der Waals surface area contributed by atoms with E-state index in [-0.39, 0.29) is 18.0 Å². The van der Waals surface area contributed by atoms with Crippen LogP contribution in [0.1, 0.15) is 46.0 Å². The summed E-state index contributed by atoms with van der Waals surface area (Å²) in [4.78, 5) is 11.1. The zero-order valence-corrected chi connectivity index (χ0v) is 8.01. The van der Waals surface area contributed by atoms with Gasteiger partial charge in [-0.15, -0.1) is 0 Å². The summed E-state index contributed by atoms with van der Waals surface area (Å²) in [7, 11) is 0. The van der Waals surface area contributed by atoms with Gasteiger partial charge in [0.25, 0.3) is 0 Å². The van der Waals surface area contributed by atoms with Gasteiger partial charge in [0, 0.05) is 0 Å². The number of carbonyl (C=O) groups excluding carboxylic acids is 1. The number of esters is 1. The molecule has 0 aromatic heterocycles. The summed E-state index contributed by atoms with van der Waals surface area (Å²) >= 11 is 0. The summed E-state index contributed by atoms with van der Waals surface area (Å²) in [5.41, 5.74) is 0. The quantitative estimate of drug-likeness (QED) is 0.608. The van der Waals surface area contributed by atoms with Crippen molar-refractivity contribution in [2.24, 2.45) is 5.92 Å². The lowest BCUT2D eigenvalue weighted by atomic mass is 9.97. The molecule has 1 rings (SSSR count). The highest BCUT2D eigenvalue weighted by atomic mass is 16.5. The van der Waals surface area contributed by atoms with E-state index in [2.05, 4.69) is 6.92 Å². The zero-order chi connectivity index (χ0) is 8.97. The Morgan fingerprint density at radius 3 is 2.83 bits per heavy atom. The Hall–Kier alpha value is -0.530. The molecule has 2 unspecified atom stereocenters. The van der Waals surface area contributed by atoms with Gasteiger partial charge in [-0.05, 0) is 19.3 Å². The third-order valence-corrected chi connectivity index (χ3v) is 2.49. The summed E-state index contributed by atoms with van der Waals surface area (Å²) in [6.45, 7) is 4.10. The first kappa shape index (κ1) is 9.56. The second-order valence-electron chi connectivity index (χ2n) is 3.68. The Balaban J connectivity index is 2.25. The van der Waals surface area contributed by atoms with Crippen LogP contribution in [0, 0.1) is 5.92 Å². The van der Waals surface area contributed by atoms with Crippen LogP contribution in [0.2, 0.25) is 0 Å². The molecule has 1 saturated heterocycles. The Labute approximate surface area is 74.3 Å². The third kappa shape index (κ3) is 2.50. The average molecular weight is 170 g/mol. The maximum atomic E-state index is 11.1. The van der Waals surface area contributed by atoms with Crippen LogP contribution in [0.15, 0.2) is 0 Å². The highest BCUT2D eigenvalue weighted by Gasteiger charge is 2.25. The molecule has 1 fully saturated rings. The summed E-state index contributed by atoms with van der Waals surface area (Å²) in [6, 6.07) is 0. The van der Waals surface area contributed by atoms with Crippen molar-refractivity contribution in [3.63, 3.8) is 0 Å². The molecular weight excluding hydrogens is 152 g/mol. The van der Waals surface area contributed by atoms with Crippen LogP contribution in [-0.2, 0) is 9.53 Å². The molecule has 0 saturated carbocycles. The average Bonchev–Trinajstić information content (AvgIpc) is 2.07. The van der Waals surface area contributed by atoms with Crippen LogP contribution in [0.5, 0.6) is 0 Å². The van der Waals surface area contributed by atoms with E-state index in [1.54, 1.807) is 0 Å². The summed E-state index contributed by atoms with van der Waals surface area (Å²) in [6.07, 6.45) is 5.69. The van der Waals surface area contributed by atoms with Crippen molar-refractivity contribution in [1.82, 2.24) is 0 Å². The van der Waals surface area contributed by atoms with E-state index in [1.165, 1.54) is 12.8 Å². The minimum atomic E-state index is 0.00218. The number of ether oxygens (including phenoxy) is 1. The van der Waals surface area contributed by atoms with Crippen molar-refractivity contribution in [1.29, 1.82) is 0 Å². The number of carbonyl (C=O) groups is 1. The largest absolute Gasteiger partial charge is 0.462 e. The van der Waals surface area contributed by atoms with E-state index in [4.69, 9.17) is 4.74 Å². The highest BCUT2D eigenvalue weighted by molar-refractivity contribution is 5.72. The van der Waals surface area contributed by atoms with Crippen molar-refractivity contribution in [3.05, 3.63) is 0 Å². The Bertz CT molecular complexity index is 152. The number of unbranched alkanes of at least 4 members (excludes halogenated alkanes) is 1. The van der Waals surface area contributed by atoms with Gasteiger partial charge in [0.05, 0.1) is 5.92 Å². The van der Waals surface area contributed by atoms with Crippen LogP contribution in [0.4, 0.5) is 0 Å². The lowest BCUT2D eigenvalue weighted by Crippen LogP contribution is -2.29. The lowest BCUT2D eigenvalue weighted by Gasteiger charge is -2.25. The molecular formula is C10H18O2. The van der Waals surface area contributed by atoms with Gasteiger partial charge in [-0.2, -0.15) is 0 Å². The molecule has 0 N–H and O–H groups in total. The molecule has 1 aliphatic rings. The fourth-order valence-electron chi connectivity index (χ4n) is 1.53. The van der Waals surface area contributed by atoms with Crippen LogP contribution < -0.4 is 0 Å². The maximum Gasteiger partial charge on any atom is 0.308 e. The van der Waals surface area contributed by atoms with Crippen molar-refractivity contribution in [3.8, 4) is 0 Å². The lowest BCUT2D eigenvalue weighted by molar-refractivity contribution is -0.159. The normalized spacial score (nSPS) is 30.0. The van der Waals surface area contributed by atoms with Gasteiger partial charge in [-0.25, -0.2) is 0 Å². The van der Waals surface area contributed by atoms with E-state index in [0.717, 1.165) is 19.3 Å². The number of cyclic esters (lactones) is 1. The second-order valence-corrected chi connectivity index (χ2v) is 3.68. The summed E-state index contributed by atoms with van der Waals surface area (Å²) in [5.74, 6) is 0.130. The van der Waals surface area contributed by atoms with Gasteiger partial charge in [-0.1, -0.05) is 26.7 Å². The Morgan fingerprint density at radius 2 is 2.25 bits per heavy atom. The molecule has 0 amide bonds. The van der Waals surface area contributed by atoms with Crippen LogP contribution in [0.3, 0.4) is 0 Å². The Morgan fingerprint density at radius 1 is 1.50 bits per heavy atom. The monoisotopic (exact) mass is 170 g/mol. The fourth-order valence-corrected chi connectivity index (χ4v) is 1.53. The topological polar surface area (TPSA) is 26.3 Å². The zero-order valence-electron chi connectivity index (χ0n) is 8.01. The van der Waals surface area contributed by atoms with Crippen LogP contribution in [-0.4, -0.2) is 12.1 Å². The second kappa shape index (κ2) is 4.48. The number of hydrogen-bond acceptors (Lipinski definition) is 2. The molecule has 0 spiro atoms. The van der Waals surface area contributed by atoms with Crippen molar-refractivity contribution in [2.75, 3.05) is 0 Å². The predicted molar refractivity (Wildman–Crippen MR) is 47.8 cm³/mol. The standard InChI is InChI=1S/C10H18O2/c1-3-4-5-9-7-6-8(2)10(11)12-9/h8-9H,3-7H2,1-2H3. The first-order valence-corrected chi connectivity index (χ1v) is 4.94. The molecule has 0 aromatic rings. The first-order chi connectivity index (χ1) is 5.74. The highest BCUT2D eigenvalue weighted by Crippen LogP contribution is 2.22. The molecule has 12 heavy (non-hydrogen) atoms. The molecule has 0 aromatic carbocycles. The van der Waals surface area contributed by atoms with Gasteiger partial charge >= 0.3 is 5.97 Å². The third-order valence-electron chi connectivity index (χ3n) is 2.49. The molecule has 2 nitrogen and oxygen atoms in total. The van der Waals surface area contributed by atoms with Gasteiger partial charge in [0.15, 0.2) is 0 Å². The smallest absolute Gasteiger partial charge is 0.308 e. The molecule has 2 heteroatoms. The molecule has 0 bridgehead atoms. The maximum absolute atomic E-state index is 11.1. The van der Waals surface area contributed by atoms with Crippen molar-refractivity contribution in [2.45, 2.75) is 52.1 Å². The fraction of sp³-hybridized carbons (Fsp3) is 0.900. The molecule has 2 atom stereocenters. The van der Waals surface area contributed by atoms with Gasteiger partial charge in [0.1, 0.15) is 6.10 Å². The van der Waals surface area contributed by atoms with Crippen molar-refractivity contribution < 1.29 is 9.53 Å². The van der Waals surface area contributed by atoms with E-state index < -0.39 is 0 Å². The molecule has 1 aliphatic heterocycles. The van der Waals surface area contributed by atoms with Gasteiger partial charge in [-0.3, -0.25) is 4.79 Å². The molecule has 0 radical (unpaired) electrons. The number of hydrogen-bond donors (Lipinski definition) is 0. The van der Waals surface area contributed by atoms with E-state index in [9.17, 15) is 4.79 Å². The minimum absolute atomic E-state index is 0.00218. The first-order valence-electron chi connectivity index (χ1n) is 4.94. The minimum Gasteiger partial charge on any atom is -0.462 e.